The minimum atomic E-state index is 0.198. The molecule has 0 amide bonds. The lowest BCUT2D eigenvalue weighted by Crippen LogP contribution is -2.94. The van der Waals surface area contributed by atoms with Gasteiger partial charge >= 0.3 is 0 Å². The van der Waals surface area contributed by atoms with Crippen molar-refractivity contribution in [2.75, 3.05) is 6.61 Å². The van der Waals surface area contributed by atoms with E-state index in [9.17, 15) is 0 Å². The minimum Gasteiger partial charge on any atom is -0.493 e. The van der Waals surface area contributed by atoms with Crippen LogP contribution in [-0.2, 0) is 6.54 Å². The van der Waals surface area contributed by atoms with Gasteiger partial charge < -0.3 is 10.1 Å². The summed E-state index contributed by atoms with van der Waals surface area (Å²) in [5.41, 5.74) is 1.70. The van der Waals surface area contributed by atoms with Crippen molar-refractivity contribution in [2.24, 2.45) is 5.41 Å². The number of benzene rings is 1. The number of hydrogen-bond acceptors (Lipinski definition) is 1. The van der Waals surface area contributed by atoms with Crippen LogP contribution in [0, 0.1) is 5.41 Å². The molecule has 0 saturated carbocycles. The van der Waals surface area contributed by atoms with Crippen LogP contribution in [0.15, 0.2) is 18.2 Å². The Bertz CT molecular complexity index is 435. The fourth-order valence-electron chi connectivity index (χ4n) is 2.83. The highest BCUT2D eigenvalue weighted by molar-refractivity contribution is 6.30. The van der Waals surface area contributed by atoms with E-state index in [2.05, 4.69) is 39.9 Å². The molecular formula is C17H29ClNO+. The summed E-state index contributed by atoms with van der Waals surface area (Å²) in [6.45, 7) is 15.0. The summed E-state index contributed by atoms with van der Waals surface area (Å²) < 4.78 is 5.68. The molecule has 0 unspecified atom stereocenters. The first kappa shape index (κ1) is 17.3. The van der Waals surface area contributed by atoms with Crippen LogP contribution in [0.2, 0.25) is 5.02 Å². The zero-order valence-corrected chi connectivity index (χ0v) is 14.5. The Hall–Kier alpha value is -0.730. The number of rotatable bonds is 6. The smallest absolute Gasteiger partial charge is 0.128 e. The van der Waals surface area contributed by atoms with E-state index in [1.165, 1.54) is 5.56 Å². The fraction of sp³-hybridized carbons (Fsp3) is 0.647. The van der Waals surface area contributed by atoms with Gasteiger partial charge in [-0.05, 0) is 44.4 Å². The number of halogens is 1. The third kappa shape index (κ3) is 6.15. The summed E-state index contributed by atoms with van der Waals surface area (Å²) >= 11 is 6.10. The van der Waals surface area contributed by atoms with E-state index in [1.54, 1.807) is 0 Å². The van der Waals surface area contributed by atoms with Crippen molar-refractivity contribution in [3.05, 3.63) is 28.8 Å². The number of nitrogens with two attached hydrogens (primary N) is 1. The van der Waals surface area contributed by atoms with Crippen molar-refractivity contribution in [3.8, 4) is 5.75 Å². The highest BCUT2D eigenvalue weighted by Crippen LogP contribution is 2.25. The van der Waals surface area contributed by atoms with Crippen LogP contribution in [0.4, 0.5) is 0 Å². The zero-order chi connectivity index (χ0) is 15.4. The summed E-state index contributed by atoms with van der Waals surface area (Å²) in [5, 5.41) is 3.15. The molecule has 3 heteroatoms. The molecule has 0 spiro atoms. The summed E-state index contributed by atoms with van der Waals surface area (Å²) in [4.78, 5) is 0. The molecule has 2 N–H and O–H groups in total. The Kier molecular flexibility index (Phi) is 5.91. The van der Waals surface area contributed by atoms with E-state index in [0.717, 1.165) is 23.7 Å². The maximum atomic E-state index is 6.10. The Morgan fingerprint density at radius 1 is 1.15 bits per heavy atom. The number of ether oxygens (including phenoxy) is 1. The molecule has 0 fully saturated rings. The third-order valence-electron chi connectivity index (χ3n) is 3.18. The Morgan fingerprint density at radius 2 is 1.80 bits per heavy atom. The average Bonchev–Trinajstić information content (AvgIpc) is 2.26. The highest BCUT2D eigenvalue weighted by atomic mass is 35.5. The van der Waals surface area contributed by atoms with Gasteiger partial charge in [0, 0.05) is 17.0 Å². The summed E-state index contributed by atoms with van der Waals surface area (Å²) in [5.74, 6) is 0.944. The van der Waals surface area contributed by atoms with E-state index >= 15 is 0 Å². The van der Waals surface area contributed by atoms with Gasteiger partial charge in [0.05, 0.1) is 12.1 Å². The second kappa shape index (κ2) is 6.82. The molecule has 0 aliphatic carbocycles. The molecule has 0 aliphatic rings. The Balaban J connectivity index is 2.75. The van der Waals surface area contributed by atoms with Crippen LogP contribution >= 0.6 is 11.6 Å². The van der Waals surface area contributed by atoms with Gasteiger partial charge in [-0.25, -0.2) is 0 Å². The van der Waals surface area contributed by atoms with Crippen molar-refractivity contribution in [1.29, 1.82) is 0 Å². The molecule has 20 heavy (non-hydrogen) atoms. The molecule has 1 aromatic carbocycles. The van der Waals surface area contributed by atoms with E-state index < -0.39 is 0 Å². The topological polar surface area (TPSA) is 25.8 Å². The van der Waals surface area contributed by atoms with Gasteiger partial charge in [-0.15, -0.1) is 0 Å². The molecule has 0 atom stereocenters. The lowest BCUT2D eigenvalue weighted by atomic mass is 9.82. The van der Waals surface area contributed by atoms with Crippen LogP contribution in [0.3, 0.4) is 0 Å². The van der Waals surface area contributed by atoms with Gasteiger partial charge in [0.1, 0.15) is 12.3 Å². The molecule has 1 aromatic rings. The van der Waals surface area contributed by atoms with E-state index in [1.807, 2.05) is 25.1 Å². The van der Waals surface area contributed by atoms with E-state index in [0.29, 0.717) is 12.0 Å². The summed E-state index contributed by atoms with van der Waals surface area (Å²) in [6, 6.07) is 5.86. The molecule has 0 saturated heterocycles. The van der Waals surface area contributed by atoms with Crippen LogP contribution in [0.1, 0.15) is 53.5 Å². The predicted octanol–water partition coefficient (Wildman–Crippen LogP) is 4.02. The lowest BCUT2D eigenvalue weighted by Gasteiger charge is -2.30. The Labute approximate surface area is 128 Å². The van der Waals surface area contributed by atoms with Gasteiger partial charge in [-0.1, -0.05) is 32.4 Å². The molecule has 0 aliphatic heterocycles. The van der Waals surface area contributed by atoms with E-state index in [-0.39, 0.29) is 5.54 Å². The van der Waals surface area contributed by atoms with Gasteiger partial charge in [-0.2, -0.15) is 0 Å². The van der Waals surface area contributed by atoms with Crippen molar-refractivity contribution in [3.63, 3.8) is 0 Å². The van der Waals surface area contributed by atoms with Gasteiger partial charge in [0.25, 0.3) is 0 Å². The molecule has 0 radical (unpaired) electrons. The molecule has 0 aromatic heterocycles. The predicted molar refractivity (Wildman–Crippen MR) is 86.4 cm³/mol. The quantitative estimate of drug-likeness (QED) is 0.843. The van der Waals surface area contributed by atoms with E-state index in [4.69, 9.17) is 16.3 Å². The van der Waals surface area contributed by atoms with Crippen LogP contribution in [0.5, 0.6) is 5.75 Å². The Morgan fingerprint density at radius 3 is 2.35 bits per heavy atom. The SMILES string of the molecule is CCOc1ccc(Cl)cc1C[NH2+]C(C)(C)CC(C)(C)C. The van der Waals surface area contributed by atoms with Crippen LogP contribution in [-0.4, -0.2) is 12.1 Å². The summed E-state index contributed by atoms with van der Waals surface area (Å²) in [6.07, 6.45) is 1.16. The first-order chi connectivity index (χ1) is 9.13. The van der Waals surface area contributed by atoms with Gasteiger partial charge in [-0.3, -0.25) is 0 Å². The fourth-order valence-corrected chi connectivity index (χ4v) is 3.02. The molecule has 1 rings (SSSR count). The largest absolute Gasteiger partial charge is 0.493 e. The standard InChI is InChI=1S/C17H28ClNO/c1-7-20-15-9-8-14(18)10-13(15)11-19-17(5,6)12-16(2,3)4/h8-10,19H,7,11-12H2,1-6H3/p+1. The first-order valence-electron chi connectivity index (χ1n) is 7.38. The molecule has 0 heterocycles. The monoisotopic (exact) mass is 298 g/mol. The van der Waals surface area contributed by atoms with Crippen LogP contribution in [0.25, 0.3) is 0 Å². The minimum absolute atomic E-state index is 0.198. The first-order valence-corrected chi connectivity index (χ1v) is 7.76. The third-order valence-corrected chi connectivity index (χ3v) is 3.42. The maximum absolute atomic E-state index is 6.10. The second-order valence-corrected chi connectivity index (χ2v) is 7.76. The lowest BCUT2D eigenvalue weighted by molar-refractivity contribution is -0.737. The molecule has 2 nitrogen and oxygen atoms in total. The number of hydrogen-bond donors (Lipinski definition) is 1. The average molecular weight is 299 g/mol. The van der Waals surface area contributed by atoms with Crippen molar-refractivity contribution in [1.82, 2.24) is 0 Å². The van der Waals surface area contributed by atoms with Gasteiger partial charge in [0.2, 0.25) is 0 Å². The van der Waals surface area contributed by atoms with Gasteiger partial charge in [0.15, 0.2) is 0 Å². The van der Waals surface area contributed by atoms with Crippen molar-refractivity contribution >= 4 is 11.6 Å². The highest BCUT2D eigenvalue weighted by Gasteiger charge is 2.28. The zero-order valence-electron chi connectivity index (χ0n) is 13.7. The van der Waals surface area contributed by atoms with Crippen LogP contribution < -0.4 is 10.1 Å². The normalized spacial score (nSPS) is 12.6. The second-order valence-electron chi connectivity index (χ2n) is 7.32. The molecule has 0 bridgehead atoms. The number of quaternary nitrogens is 1. The maximum Gasteiger partial charge on any atom is 0.128 e. The van der Waals surface area contributed by atoms with Crippen molar-refractivity contribution in [2.45, 2.75) is 60.0 Å². The van der Waals surface area contributed by atoms with Crippen molar-refractivity contribution < 1.29 is 10.1 Å². The molecular weight excluding hydrogens is 270 g/mol. The molecule has 114 valence electrons. The summed E-state index contributed by atoms with van der Waals surface area (Å²) in [7, 11) is 0.